The molecule has 94 valence electrons. The molecule has 18 heavy (non-hydrogen) atoms. The summed E-state index contributed by atoms with van der Waals surface area (Å²) in [6, 6.07) is 5.79. The van der Waals surface area contributed by atoms with Gasteiger partial charge in [-0.15, -0.1) is 0 Å². The monoisotopic (exact) mass is 374 g/mol. The number of nitrogens with one attached hydrogen (secondary N) is 1. The summed E-state index contributed by atoms with van der Waals surface area (Å²) in [5, 5.41) is 3.85. The van der Waals surface area contributed by atoms with Crippen LogP contribution in [0.4, 0.5) is 17.3 Å². The molecule has 1 aromatic heterocycles. The molecule has 1 heterocycles. The number of nitrogen functional groups attached to an aromatic ring is 1. The second kappa shape index (κ2) is 5.71. The van der Waals surface area contributed by atoms with Crippen molar-refractivity contribution in [3.63, 3.8) is 0 Å². The first-order valence-electron chi connectivity index (χ1n) is 5.43. The number of halogens is 2. The summed E-state index contributed by atoms with van der Waals surface area (Å²) in [6.07, 6.45) is 2.20. The van der Waals surface area contributed by atoms with Crippen molar-refractivity contribution >= 4 is 51.5 Å². The Morgan fingerprint density at radius 1 is 1.39 bits per heavy atom. The van der Waals surface area contributed by atoms with Crippen molar-refractivity contribution in [2.75, 3.05) is 11.1 Å². The number of nitrogens with two attached hydrogens (primary N) is 1. The van der Waals surface area contributed by atoms with Gasteiger partial charge >= 0.3 is 0 Å². The molecule has 0 saturated heterocycles. The Bertz CT molecular complexity index is 574. The second-order valence-electron chi connectivity index (χ2n) is 3.69. The molecule has 2 rings (SSSR count). The summed E-state index contributed by atoms with van der Waals surface area (Å²) in [5.74, 6) is 1.20. The Balaban J connectivity index is 2.37. The number of aromatic nitrogens is 2. The smallest absolute Gasteiger partial charge is 0.139 e. The average Bonchev–Trinajstić information content (AvgIpc) is 2.33. The number of benzene rings is 1. The van der Waals surface area contributed by atoms with Crippen molar-refractivity contribution in [3.05, 3.63) is 38.7 Å². The zero-order valence-corrected chi connectivity index (χ0v) is 12.7. The first-order chi connectivity index (χ1) is 8.61. The van der Waals surface area contributed by atoms with E-state index in [-0.39, 0.29) is 0 Å². The van der Waals surface area contributed by atoms with Crippen molar-refractivity contribution in [2.45, 2.75) is 13.3 Å². The molecule has 0 amide bonds. The maximum Gasteiger partial charge on any atom is 0.139 e. The minimum absolute atomic E-state index is 0.497. The van der Waals surface area contributed by atoms with Crippen LogP contribution in [-0.4, -0.2) is 9.97 Å². The normalized spacial score (nSPS) is 10.4. The van der Waals surface area contributed by atoms with Crippen LogP contribution in [0.15, 0.2) is 24.5 Å². The molecule has 0 saturated carbocycles. The van der Waals surface area contributed by atoms with E-state index in [0.29, 0.717) is 16.7 Å². The molecule has 2 aromatic rings. The van der Waals surface area contributed by atoms with Gasteiger partial charge in [-0.2, -0.15) is 0 Å². The molecule has 1 aromatic carbocycles. The van der Waals surface area contributed by atoms with Gasteiger partial charge in [-0.25, -0.2) is 9.97 Å². The predicted molar refractivity (Wildman–Crippen MR) is 83.3 cm³/mol. The molecule has 3 N–H and O–H groups in total. The van der Waals surface area contributed by atoms with Gasteiger partial charge in [-0.1, -0.05) is 18.5 Å². The van der Waals surface area contributed by atoms with Crippen LogP contribution in [0, 0.1) is 3.57 Å². The largest absolute Gasteiger partial charge is 0.383 e. The van der Waals surface area contributed by atoms with Crippen LogP contribution in [0.5, 0.6) is 0 Å². The van der Waals surface area contributed by atoms with Crippen LogP contribution in [0.3, 0.4) is 0 Å². The Hall–Kier alpha value is -1.08. The van der Waals surface area contributed by atoms with Crippen LogP contribution in [0.25, 0.3) is 0 Å². The van der Waals surface area contributed by atoms with Crippen LogP contribution in [0.1, 0.15) is 12.5 Å². The van der Waals surface area contributed by atoms with E-state index < -0.39 is 0 Å². The molecule has 0 bridgehead atoms. The minimum atomic E-state index is 0.497. The Morgan fingerprint density at radius 3 is 2.83 bits per heavy atom. The van der Waals surface area contributed by atoms with E-state index >= 15 is 0 Å². The van der Waals surface area contributed by atoms with Gasteiger partial charge in [0.25, 0.3) is 0 Å². The SMILES string of the molecule is CCc1c(N)ncnc1Nc1ccc(I)cc1Cl. The van der Waals surface area contributed by atoms with E-state index in [2.05, 4.69) is 37.9 Å². The fourth-order valence-electron chi connectivity index (χ4n) is 1.60. The summed E-state index contributed by atoms with van der Waals surface area (Å²) in [5.41, 5.74) is 7.53. The molecule has 0 unspecified atom stereocenters. The average molecular weight is 375 g/mol. The summed E-state index contributed by atoms with van der Waals surface area (Å²) in [4.78, 5) is 8.19. The summed E-state index contributed by atoms with van der Waals surface area (Å²) in [6.45, 7) is 2.01. The zero-order valence-electron chi connectivity index (χ0n) is 9.74. The van der Waals surface area contributed by atoms with Crippen molar-refractivity contribution in [3.8, 4) is 0 Å². The van der Waals surface area contributed by atoms with Crippen LogP contribution in [0.2, 0.25) is 5.02 Å². The molecule has 0 aliphatic carbocycles. The van der Waals surface area contributed by atoms with E-state index in [4.69, 9.17) is 17.3 Å². The third kappa shape index (κ3) is 2.84. The fourth-order valence-corrected chi connectivity index (χ4v) is 2.50. The third-order valence-electron chi connectivity index (χ3n) is 2.52. The van der Waals surface area contributed by atoms with E-state index in [0.717, 1.165) is 21.2 Å². The highest BCUT2D eigenvalue weighted by Crippen LogP contribution is 2.28. The van der Waals surface area contributed by atoms with Gasteiger partial charge < -0.3 is 11.1 Å². The molecule has 0 spiro atoms. The minimum Gasteiger partial charge on any atom is -0.383 e. The first-order valence-corrected chi connectivity index (χ1v) is 6.89. The molecule has 6 heteroatoms. The van der Waals surface area contributed by atoms with E-state index in [1.54, 1.807) is 0 Å². The van der Waals surface area contributed by atoms with Gasteiger partial charge in [-0.05, 0) is 47.2 Å². The van der Waals surface area contributed by atoms with Crippen molar-refractivity contribution in [2.24, 2.45) is 0 Å². The van der Waals surface area contributed by atoms with E-state index in [1.165, 1.54) is 6.33 Å². The van der Waals surface area contributed by atoms with Gasteiger partial charge in [0.2, 0.25) is 0 Å². The maximum atomic E-state index is 6.17. The van der Waals surface area contributed by atoms with Crippen LogP contribution in [-0.2, 0) is 6.42 Å². The van der Waals surface area contributed by atoms with E-state index in [9.17, 15) is 0 Å². The maximum absolute atomic E-state index is 6.17. The van der Waals surface area contributed by atoms with Crippen molar-refractivity contribution in [1.29, 1.82) is 0 Å². The van der Waals surface area contributed by atoms with Crippen molar-refractivity contribution in [1.82, 2.24) is 9.97 Å². The standard InChI is InChI=1S/C12H12ClIN4/c1-2-8-11(15)16-6-17-12(8)18-10-4-3-7(14)5-9(10)13/h3-6H,2H2,1H3,(H3,15,16,17,18). The summed E-state index contributed by atoms with van der Waals surface area (Å²) in [7, 11) is 0. The lowest BCUT2D eigenvalue weighted by Crippen LogP contribution is -2.04. The van der Waals surface area contributed by atoms with Crippen LogP contribution < -0.4 is 11.1 Å². The summed E-state index contributed by atoms with van der Waals surface area (Å²) < 4.78 is 1.08. The third-order valence-corrected chi connectivity index (χ3v) is 3.50. The quantitative estimate of drug-likeness (QED) is 0.806. The molecular formula is C12H12ClIN4. The zero-order chi connectivity index (χ0) is 13.1. The van der Waals surface area contributed by atoms with Gasteiger partial charge in [0, 0.05) is 9.13 Å². The van der Waals surface area contributed by atoms with Gasteiger partial charge in [-0.3, -0.25) is 0 Å². The molecule has 0 aliphatic heterocycles. The molecule has 0 aliphatic rings. The molecule has 4 nitrogen and oxygen atoms in total. The molecule has 0 fully saturated rings. The highest BCUT2D eigenvalue weighted by atomic mass is 127. The lowest BCUT2D eigenvalue weighted by molar-refractivity contribution is 1.06. The fraction of sp³-hybridized carbons (Fsp3) is 0.167. The van der Waals surface area contributed by atoms with Gasteiger partial charge in [0.15, 0.2) is 0 Å². The Kier molecular flexibility index (Phi) is 4.23. The van der Waals surface area contributed by atoms with Crippen molar-refractivity contribution < 1.29 is 0 Å². The number of rotatable bonds is 3. The topological polar surface area (TPSA) is 63.8 Å². The summed E-state index contributed by atoms with van der Waals surface area (Å²) >= 11 is 8.39. The highest BCUT2D eigenvalue weighted by Gasteiger charge is 2.09. The van der Waals surface area contributed by atoms with E-state index in [1.807, 2.05) is 25.1 Å². The van der Waals surface area contributed by atoms with Gasteiger partial charge in [0.1, 0.15) is 18.0 Å². The van der Waals surface area contributed by atoms with Gasteiger partial charge in [0.05, 0.1) is 10.7 Å². The number of anilines is 3. The second-order valence-corrected chi connectivity index (χ2v) is 5.34. The predicted octanol–water partition coefficient (Wildman–Crippen LogP) is 3.62. The Labute approximate surface area is 124 Å². The number of nitrogens with zero attached hydrogens (tertiary/aromatic N) is 2. The lowest BCUT2D eigenvalue weighted by Gasteiger charge is -2.12. The lowest BCUT2D eigenvalue weighted by atomic mass is 10.2. The highest BCUT2D eigenvalue weighted by molar-refractivity contribution is 14.1. The molecule has 0 radical (unpaired) electrons. The Morgan fingerprint density at radius 2 is 2.17 bits per heavy atom. The first kappa shape index (κ1) is 13.4. The van der Waals surface area contributed by atoms with Crippen LogP contribution >= 0.6 is 34.2 Å². The number of hydrogen-bond donors (Lipinski definition) is 2. The molecular weight excluding hydrogens is 363 g/mol. The number of hydrogen-bond acceptors (Lipinski definition) is 4. The molecule has 0 atom stereocenters.